The second kappa shape index (κ2) is 6.52. The number of pyridine rings is 2. The smallest absolute Gasteiger partial charge is 0.139 e. The minimum absolute atomic E-state index is 0.914. The third kappa shape index (κ3) is 3.06. The maximum Gasteiger partial charge on any atom is 0.139 e. The number of likely N-dealkylation sites (N-methyl/N-ethyl adjacent to an activating group) is 1. The SMILES string of the molecule is CN1CC=C(c2cc3c(Nc4ccc5ncccc5c4)ccnc3[nH]2)CC1. The summed E-state index contributed by atoms with van der Waals surface area (Å²) < 4.78 is 0. The van der Waals surface area contributed by atoms with E-state index in [0.717, 1.165) is 52.8 Å². The summed E-state index contributed by atoms with van der Waals surface area (Å²) in [6.45, 7) is 2.08. The van der Waals surface area contributed by atoms with Gasteiger partial charge < -0.3 is 15.2 Å². The van der Waals surface area contributed by atoms with Gasteiger partial charge in [-0.2, -0.15) is 0 Å². The number of rotatable bonds is 3. The quantitative estimate of drug-likeness (QED) is 0.565. The normalized spacial score (nSPS) is 15.2. The van der Waals surface area contributed by atoms with Gasteiger partial charge in [-0.05, 0) is 55.4 Å². The monoisotopic (exact) mass is 355 g/mol. The zero-order valence-electron chi connectivity index (χ0n) is 15.2. The van der Waals surface area contributed by atoms with Gasteiger partial charge in [0.2, 0.25) is 0 Å². The predicted molar refractivity (Wildman–Crippen MR) is 111 cm³/mol. The third-order valence-electron chi connectivity index (χ3n) is 5.17. The van der Waals surface area contributed by atoms with Crippen molar-refractivity contribution >= 4 is 38.9 Å². The summed E-state index contributed by atoms with van der Waals surface area (Å²) >= 11 is 0. The molecule has 0 saturated carbocycles. The van der Waals surface area contributed by atoms with Crippen LogP contribution >= 0.6 is 0 Å². The van der Waals surface area contributed by atoms with Gasteiger partial charge in [-0.1, -0.05) is 12.1 Å². The van der Waals surface area contributed by atoms with E-state index in [1.807, 2.05) is 30.6 Å². The minimum atomic E-state index is 0.914. The van der Waals surface area contributed by atoms with Crippen molar-refractivity contribution in [3.05, 3.63) is 66.6 Å². The van der Waals surface area contributed by atoms with Crippen LogP contribution < -0.4 is 5.32 Å². The molecule has 5 heteroatoms. The van der Waals surface area contributed by atoms with Crippen LogP contribution in [0.5, 0.6) is 0 Å². The molecule has 5 rings (SSSR count). The van der Waals surface area contributed by atoms with Crippen LogP contribution in [0.2, 0.25) is 0 Å². The van der Waals surface area contributed by atoms with Crippen LogP contribution in [0.4, 0.5) is 11.4 Å². The Hall–Kier alpha value is -3.18. The molecule has 0 aliphatic carbocycles. The van der Waals surface area contributed by atoms with Crippen molar-refractivity contribution in [3.8, 4) is 0 Å². The van der Waals surface area contributed by atoms with Gasteiger partial charge in [-0.3, -0.25) is 4.98 Å². The molecule has 0 radical (unpaired) electrons. The number of nitrogens with one attached hydrogen (secondary N) is 2. The average molecular weight is 355 g/mol. The Morgan fingerprint density at radius 3 is 2.93 bits per heavy atom. The lowest BCUT2D eigenvalue weighted by Gasteiger charge is -2.21. The molecule has 3 aromatic heterocycles. The second-order valence-electron chi connectivity index (χ2n) is 7.08. The minimum Gasteiger partial charge on any atom is -0.355 e. The van der Waals surface area contributed by atoms with Gasteiger partial charge in [0, 0.05) is 47.6 Å². The van der Waals surface area contributed by atoms with Crippen molar-refractivity contribution in [2.24, 2.45) is 0 Å². The average Bonchev–Trinajstić information content (AvgIpc) is 3.14. The van der Waals surface area contributed by atoms with E-state index in [9.17, 15) is 0 Å². The predicted octanol–water partition coefficient (Wildman–Crippen LogP) is 4.57. The van der Waals surface area contributed by atoms with Crippen LogP contribution in [0.3, 0.4) is 0 Å². The first-order valence-electron chi connectivity index (χ1n) is 9.24. The molecule has 0 bridgehead atoms. The van der Waals surface area contributed by atoms with E-state index in [4.69, 9.17) is 0 Å². The Kier molecular flexibility index (Phi) is 3.87. The van der Waals surface area contributed by atoms with Crippen LogP contribution in [0.1, 0.15) is 12.1 Å². The van der Waals surface area contributed by atoms with E-state index >= 15 is 0 Å². The summed E-state index contributed by atoms with van der Waals surface area (Å²) in [7, 11) is 2.15. The van der Waals surface area contributed by atoms with Crippen molar-refractivity contribution in [1.82, 2.24) is 19.9 Å². The molecular formula is C22H21N5. The van der Waals surface area contributed by atoms with E-state index in [-0.39, 0.29) is 0 Å². The van der Waals surface area contributed by atoms with Crippen molar-refractivity contribution in [2.45, 2.75) is 6.42 Å². The van der Waals surface area contributed by atoms with Gasteiger partial charge in [-0.25, -0.2) is 4.98 Å². The standard InChI is InChI=1S/C22H21N5/c1-27-11-7-15(8-12-27)21-14-18-20(6-10-24-22(18)26-21)25-17-4-5-19-16(13-17)3-2-9-23-19/h2-7,9-10,13-14H,8,11-12H2,1H3,(H2,24,25,26). The molecule has 1 aromatic carbocycles. The number of anilines is 2. The van der Waals surface area contributed by atoms with Gasteiger partial charge in [0.15, 0.2) is 0 Å². The molecule has 27 heavy (non-hydrogen) atoms. The van der Waals surface area contributed by atoms with Crippen LogP contribution in [0.15, 0.2) is 60.9 Å². The van der Waals surface area contributed by atoms with Crippen LogP contribution in [-0.2, 0) is 0 Å². The lowest BCUT2D eigenvalue weighted by atomic mass is 10.1. The van der Waals surface area contributed by atoms with E-state index in [2.05, 4.69) is 62.6 Å². The number of H-pyrrole nitrogens is 1. The highest BCUT2D eigenvalue weighted by atomic mass is 15.1. The molecule has 0 atom stereocenters. The maximum atomic E-state index is 4.52. The number of aromatic nitrogens is 3. The van der Waals surface area contributed by atoms with Gasteiger partial charge in [0.05, 0.1) is 11.2 Å². The molecule has 0 amide bonds. The number of aromatic amines is 1. The third-order valence-corrected chi connectivity index (χ3v) is 5.17. The Balaban J connectivity index is 1.51. The zero-order valence-corrected chi connectivity index (χ0v) is 15.2. The summed E-state index contributed by atoms with van der Waals surface area (Å²) in [4.78, 5) is 14.7. The molecule has 0 saturated heterocycles. The van der Waals surface area contributed by atoms with Crippen LogP contribution in [0.25, 0.3) is 27.5 Å². The van der Waals surface area contributed by atoms with Crippen LogP contribution in [0, 0.1) is 0 Å². The lowest BCUT2D eigenvalue weighted by Crippen LogP contribution is -2.23. The molecule has 4 heterocycles. The number of nitrogens with zero attached hydrogens (tertiary/aromatic N) is 3. The molecule has 5 nitrogen and oxygen atoms in total. The molecule has 0 fully saturated rings. The fourth-order valence-electron chi connectivity index (χ4n) is 3.63. The molecule has 2 N–H and O–H groups in total. The molecule has 1 aliphatic rings. The Morgan fingerprint density at radius 2 is 2.04 bits per heavy atom. The Morgan fingerprint density at radius 1 is 1.07 bits per heavy atom. The molecule has 0 spiro atoms. The summed E-state index contributed by atoms with van der Waals surface area (Å²) in [6, 6.07) is 14.5. The van der Waals surface area contributed by atoms with Crippen LogP contribution in [-0.4, -0.2) is 40.0 Å². The fourth-order valence-corrected chi connectivity index (χ4v) is 3.63. The topological polar surface area (TPSA) is 56.8 Å². The van der Waals surface area contributed by atoms with Crippen molar-refractivity contribution in [2.75, 3.05) is 25.5 Å². The molecule has 0 unspecified atom stereocenters. The van der Waals surface area contributed by atoms with Crippen molar-refractivity contribution < 1.29 is 0 Å². The highest BCUT2D eigenvalue weighted by molar-refractivity contribution is 5.95. The summed E-state index contributed by atoms with van der Waals surface area (Å²) in [6.07, 6.45) is 7.03. The molecule has 1 aliphatic heterocycles. The largest absolute Gasteiger partial charge is 0.355 e. The van der Waals surface area contributed by atoms with Gasteiger partial charge >= 0.3 is 0 Å². The second-order valence-corrected chi connectivity index (χ2v) is 7.08. The first-order valence-corrected chi connectivity index (χ1v) is 9.24. The Labute approximate surface area is 157 Å². The number of benzene rings is 1. The number of hydrogen-bond acceptors (Lipinski definition) is 4. The number of fused-ring (bicyclic) bond motifs is 2. The summed E-state index contributed by atoms with van der Waals surface area (Å²) in [5.41, 5.74) is 6.55. The van der Waals surface area contributed by atoms with Gasteiger partial charge in [0.1, 0.15) is 5.65 Å². The Bertz CT molecular complexity index is 1160. The number of hydrogen-bond donors (Lipinski definition) is 2. The highest BCUT2D eigenvalue weighted by Crippen LogP contribution is 2.30. The van der Waals surface area contributed by atoms with Crippen molar-refractivity contribution in [1.29, 1.82) is 0 Å². The van der Waals surface area contributed by atoms with Gasteiger partial charge in [0.25, 0.3) is 0 Å². The zero-order chi connectivity index (χ0) is 18.2. The van der Waals surface area contributed by atoms with E-state index in [1.165, 1.54) is 11.3 Å². The van der Waals surface area contributed by atoms with E-state index in [0.29, 0.717) is 0 Å². The maximum absolute atomic E-state index is 4.52. The van der Waals surface area contributed by atoms with E-state index < -0.39 is 0 Å². The van der Waals surface area contributed by atoms with E-state index in [1.54, 1.807) is 0 Å². The molecule has 4 aromatic rings. The lowest BCUT2D eigenvalue weighted by molar-refractivity contribution is 0.370. The van der Waals surface area contributed by atoms with Gasteiger partial charge in [-0.15, -0.1) is 0 Å². The first-order chi connectivity index (χ1) is 13.3. The fraction of sp³-hybridized carbons (Fsp3) is 0.182. The summed E-state index contributed by atoms with van der Waals surface area (Å²) in [5.74, 6) is 0. The molecular weight excluding hydrogens is 334 g/mol. The highest BCUT2D eigenvalue weighted by Gasteiger charge is 2.14. The first kappa shape index (κ1) is 16.0. The summed E-state index contributed by atoms with van der Waals surface area (Å²) in [5, 5.41) is 5.78. The van der Waals surface area contributed by atoms with Crippen molar-refractivity contribution in [3.63, 3.8) is 0 Å². The molecule has 134 valence electrons.